The molecule has 0 N–H and O–H groups in total. The Morgan fingerprint density at radius 3 is 2.70 bits per heavy atom. The second-order valence-corrected chi connectivity index (χ2v) is 6.81. The number of pyridine rings is 1. The molecule has 2 aliphatic heterocycles. The Kier molecular flexibility index (Phi) is 4.24. The van der Waals surface area contributed by atoms with Crippen molar-refractivity contribution in [3.8, 4) is 0 Å². The molecule has 0 saturated carbocycles. The second-order valence-electron chi connectivity index (χ2n) is 6.81. The zero-order valence-corrected chi connectivity index (χ0v) is 13.9. The maximum Gasteiger partial charge on any atom is 0.319 e. The lowest BCUT2D eigenvalue weighted by Gasteiger charge is -2.39. The maximum atomic E-state index is 13.0. The summed E-state index contributed by atoms with van der Waals surface area (Å²) in [6, 6.07) is 3.90. The third-order valence-corrected chi connectivity index (χ3v) is 4.95. The third-order valence-electron chi connectivity index (χ3n) is 4.95. The van der Waals surface area contributed by atoms with Crippen molar-refractivity contribution in [1.82, 2.24) is 19.7 Å². The van der Waals surface area contributed by atoms with Gasteiger partial charge in [-0.2, -0.15) is 0 Å². The Balaban J connectivity index is 1.71. The van der Waals surface area contributed by atoms with Crippen LogP contribution < -0.4 is 0 Å². The van der Waals surface area contributed by atoms with E-state index in [4.69, 9.17) is 0 Å². The largest absolute Gasteiger partial charge is 0.338 e. The molecule has 23 heavy (non-hydrogen) atoms. The van der Waals surface area contributed by atoms with E-state index in [0.717, 1.165) is 37.9 Å². The summed E-state index contributed by atoms with van der Waals surface area (Å²) in [5, 5.41) is 0. The van der Waals surface area contributed by atoms with E-state index >= 15 is 0 Å². The predicted molar refractivity (Wildman–Crippen MR) is 86.6 cm³/mol. The van der Waals surface area contributed by atoms with E-state index in [1.54, 1.807) is 31.4 Å². The smallest absolute Gasteiger partial charge is 0.319 e. The first-order valence-corrected chi connectivity index (χ1v) is 8.16. The van der Waals surface area contributed by atoms with Crippen LogP contribution in [0.3, 0.4) is 0 Å². The van der Waals surface area contributed by atoms with E-state index in [-0.39, 0.29) is 17.4 Å². The number of carbonyl (C=O) groups is 2. The van der Waals surface area contributed by atoms with Crippen molar-refractivity contribution in [2.24, 2.45) is 5.41 Å². The molecule has 3 amide bonds. The number of aromatic nitrogens is 1. The van der Waals surface area contributed by atoms with Crippen LogP contribution in [0.4, 0.5) is 4.79 Å². The molecule has 1 aromatic heterocycles. The predicted octanol–water partition coefficient (Wildman–Crippen LogP) is 1.58. The van der Waals surface area contributed by atoms with E-state index < -0.39 is 0 Å². The van der Waals surface area contributed by atoms with E-state index in [1.807, 2.05) is 21.9 Å². The van der Waals surface area contributed by atoms with Gasteiger partial charge in [0.05, 0.1) is 5.41 Å². The zero-order chi connectivity index (χ0) is 16.4. The SMILES string of the molecule is CN(C)C(=O)N1CCCC2(CCN(Cc3ccncc3)C2=O)C1. The highest BCUT2D eigenvalue weighted by Crippen LogP contribution is 2.40. The fourth-order valence-corrected chi connectivity index (χ4v) is 3.71. The van der Waals surface area contributed by atoms with Crippen LogP contribution in [0.25, 0.3) is 0 Å². The summed E-state index contributed by atoms with van der Waals surface area (Å²) in [6.45, 7) is 2.70. The molecule has 124 valence electrons. The van der Waals surface area contributed by atoms with E-state index in [1.165, 1.54) is 0 Å². The van der Waals surface area contributed by atoms with Crippen LogP contribution in [-0.4, -0.2) is 65.4 Å². The molecule has 0 aromatic carbocycles. The third kappa shape index (κ3) is 3.02. The van der Waals surface area contributed by atoms with Gasteiger partial charge in [-0.25, -0.2) is 4.79 Å². The first kappa shape index (κ1) is 15.8. The number of hydrogen-bond donors (Lipinski definition) is 0. The zero-order valence-electron chi connectivity index (χ0n) is 13.9. The molecule has 1 spiro atoms. The van der Waals surface area contributed by atoms with Gasteiger partial charge in [0.15, 0.2) is 0 Å². The Morgan fingerprint density at radius 1 is 1.26 bits per heavy atom. The second kappa shape index (κ2) is 6.18. The minimum absolute atomic E-state index is 0.00413. The minimum Gasteiger partial charge on any atom is -0.338 e. The van der Waals surface area contributed by atoms with Crippen molar-refractivity contribution >= 4 is 11.9 Å². The van der Waals surface area contributed by atoms with Crippen molar-refractivity contribution in [1.29, 1.82) is 0 Å². The average molecular weight is 316 g/mol. The molecule has 2 aliphatic rings. The van der Waals surface area contributed by atoms with Crippen LogP contribution in [0, 0.1) is 5.41 Å². The number of likely N-dealkylation sites (tertiary alicyclic amines) is 2. The summed E-state index contributed by atoms with van der Waals surface area (Å²) in [4.78, 5) is 34.6. The fraction of sp³-hybridized carbons (Fsp3) is 0.588. The van der Waals surface area contributed by atoms with Gasteiger partial charge in [-0.3, -0.25) is 9.78 Å². The quantitative estimate of drug-likeness (QED) is 0.832. The van der Waals surface area contributed by atoms with Crippen molar-refractivity contribution in [2.45, 2.75) is 25.8 Å². The van der Waals surface area contributed by atoms with Crippen LogP contribution in [0.1, 0.15) is 24.8 Å². The molecule has 3 heterocycles. The molecule has 3 rings (SSSR count). The number of hydrogen-bond acceptors (Lipinski definition) is 3. The Bertz CT molecular complexity index is 590. The van der Waals surface area contributed by atoms with Crippen LogP contribution in [0.5, 0.6) is 0 Å². The van der Waals surface area contributed by atoms with Crippen molar-refractivity contribution in [3.63, 3.8) is 0 Å². The monoisotopic (exact) mass is 316 g/mol. The van der Waals surface area contributed by atoms with Crippen LogP contribution in [-0.2, 0) is 11.3 Å². The Labute approximate surface area is 137 Å². The van der Waals surface area contributed by atoms with E-state index in [2.05, 4.69) is 4.98 Å². The minimum atomic E-state index is -0.378. The molecule has 6 nitrogen and oxygen atoms in total. The first-order chi connectivity index (χ1) is 11.0. The average Bonchev–Trinajstić information content (AvgIpc) is 2.84. The number of rotatable bonds is 2. The van der Waals surface area contributed by atoms with Gasteiger partial charge in [0.1, 0.15) is 0 Å². The number of piperidine rings is 1. The van der Waals surface area contributed by atoms with Crippen molar-refractivity contribution in [3.05, 3.63) is 30.1 Å². The molecule has 0 bridgehead atoms. The van der Waals surface area contributed by atoms with Crippen molar-refractivity contribution in [2.75, 3.05) is 33.7 Å². The van der Waals surface area contributed by atoms with Gasteiger partial charge in [-0.1, -0.05) is 0 Å². The summed E-state index contributed by atoms with van der Waals surface area (Å²) < 4.78 is 0. The van der Waals surface area contributed by atoms with Gasteiger partial charge >= 0.3 is 6.03 Å². The molecular formula is C17H24N4O2. The molecule has 0 aliphatic carbocycles. The van der Waals surface area contributed by atoms with Gasteiger partial charge in [-0.15, -0.1) is 0 Å². The van der Waals surface area contributed by atoms with Crippen LogP contribution in [0.2, 0.25) is 0 Å². The van der Waals surface area contributed by atoms with E-state index in [9.17, 15) is 9.59 Å². The number of nitrogens with zero attached hydrogens (tertiary/aromatic N) is 4. The first-order valence-electron chi connectivity index (χ1n) is 8.16. The highest BCUT2D eigenvalue weighted by atomic mass is 16.2. The molecular weight excluding hydrogens is 292 g/mol. The molecule has 1 unspecified atom stereocenters. The molecule has 2 saturated heterocycles. The molecule has 1 aromatic rings. The van der Waals surface area contributed by atoms with Gasteiger partial charge in [0.2, 0.25) is 5.91 Å². The fourth-order valence-electron chi connectivity index (χ4n) is 3.71. The number of urea groups is 1. The standard InChI is InChI=1S/C17H24N4O2/c1-19(2)16(23)21-10-3-6-17(13-21)7-11-20(15(17)22)12-14-4-8-18-9-5-14/h4-5,8-9H,3,6-7,10-13H2,1-2H3. The van der Waals surface area contributed by atoms with Gasteiger partial charge in [-0.05, 0) is 37.0 Å². The highest BCUT2D eigenvalue weighted by Gasteiger charge is 2.49. The summed E-state index contributed by atoms with van der Waals surface area (Å²) in [7, 11) is 3.52. The normalized spacial score (nSPS) is 24.3. The lowest BCUT2D eigenvalue weighted by atomic mass is 9.78. The summed E-state index contributed by atoms with van der Waals surface area (Å²) in [6.07, 6.45) is 6.13. The van der Waals surface area contributed by atoms with Gasteiger partial charge in [0.25, 0.3) is 0 Å². The van der Waals surface area contributed by atoms with Crippen molar-refractivity contribution < 1.29 is 9.59 Å². The number of amides is 3. The summed E-state index contributed by atoms with van der Waals surface area (Å²) in [5.74, 6) is 0.200. The maximum absolute atomic E-state index is 13.0. The molecule has 6 heteroatoms. The summed E-state index contributed by atoms with van der Waals surface area (Å²) in [5.41, 5.74) is 0.721. The molecule has 0 radical (unpaired) electrons. The molecule has 1 atom stereocenters. The van der Waals surface area contributed by atoms with Gasteiger partial charge < -0.3 is 14.7 Å². The van der Waals surface area contributed by atoms with Crippen LogP contribution in [0.15, 0.2) is 24.5 Å². The summed E-state index contributed by atoms with van der Waals surface area (Å²) >= 11 is 0. The lowest BCUT2D eigenvalue weighted by Crippen LogP contribution is -2.52. The van der Waals surface area contributed by atoms with Crippen LogP contribution >= 0.6 is 0 Å². The Morgan fingerprint density at radius 2 is 2.00 bits per heavy atom. The van der Waals surface area contributed by atoms with Gasteiger partial charge in [0, 0.05) is 52.7 Å². The highest BCUT2D eigenvalue weighted by molar-refractivity contribution is 5.86. The lowest BCUT2D eigenvalue weighted by molar-refractivity contribution is -0.138. The topological polar surface area (TPSA) is 56.8 Å². The molecule has 2 fully saturated rings. The number of carbonyl (C=O) groups excluding carboxylic acids is 2. The Hall–Kier alpha value is -2.11. The van der Waals surface area contributed by atoms with E-state index in [0.29, 0.717) is 13.1 Å².